The van der Waals surface area contributed by atoms with Gasteiger partial charge in [-0.05, 0) is 101 Å². The molecule has 0 bridgehead atoms. The molecule has 1 aliphatic carbocycles. The molecular weight excluding hydrogens is 512 g/mol. The molecule has 42 heavy (non-hydrogen) atoms. The Morgan fingerprint density at radius 3 is 1.64 bits per heavy atom. The van der Waals surface area contributed by atoms with Crippen LogP contribution in [0.1, 0.15) is 94.9 Å². The van der Waals surface area contributed by atoms with Crippen LogP contribution in [0, 0.1) is 11.8 Å². The Labute approximate surface area is 258 Å². The summed E-state index contributed by atoms with van der Waals surface area (Å²) < 4.78 is 0. The van der Waals surface area contributed by atoms with Gasteiger partial charge in [0, 0.05) is 5.92 Å². The molecule has 0 heterocycles. The fourth-order valence-corrected chi connectivity index (χ4v) is 4.99. The molecule has 0 saturated heterocycles. The lowest BCUT2D eigenvalue weighted by molar-refractivity contribution is -0.0294. The van der Waals surface area contributed by atoms with Crippen molar-refractivity contribution in [3.05, 3.63) is 131 Å². The molecule has 0 radical (unpaired) electrons. The van der Waals surface area contributed by atoms with Crippen LogP contribution in [0.4, 0.5) is 0 Å². The zero-order chi connectivity index (χ0) is 31.8. The van der Waals surface area contributed by atoms with E-state index < -0.39 is 11.2 Å². The van der Waals surface area contributed by atoms with Crippen LogP contribution < -0.4 is 0 Å². The van der Waals surface area contributed by atoms with Crippen molar-refractivity contribution in [2.24, 2.45) is 11.8 Å². The minimum Gasteiger partial charge on any atom is -0.390 e. The molecule has 3 atom stereocenters. The second kappa shape index (κ2) is 18.6. The van der Waals surface area contributed by atoms with E-state index in [9.17, 15) is 10.2 Å². The van der Waals surface area contributed by atoms with E-state index in [0.717, 1.165) is 30.4 Å². The molecule has 2 nitrogen and oxygen atoms in total. The third-order valence-corrected chi connectivity index (χ3v) is 7.68. The van der Waals surface area contributed by atoms with E-state index in [1.54, 1.807) is 0 Å². The maximum atomic E-state index is 10.8. The maximum absolute atomic E-state index is 10.8. The van der Waals surface area contributed by atoms with Crippen molar-refractivity contribution in [1.29, 1.82) is 0 Å². The van der Waals surface area contributed by atoms with Gasteiger partial charge in [-0.15, -0.1) is 0 Å². The van der Waals surface area contributed by atoms with E-state index in [1.807, 2.05) is 26.8 Å². The van der Waals surface area contributed by atoms with Gasteiger partial charge in [-0.1, -0.05) is 131 Å². The molecular formula is C40H58O2. The summed E-state index contributed by atoms with van der Waals surface area (Å²) in [5.74, 6) is -0.00110. The van der Waals surface area contributed by atoms with Crippen LogP contribution in [0.15, 0.2) is 131 Å². The normalized spacial score (nSPS) is 24.0. The second-order valence-electron chi connectivity index (χ2n) is 13.0. The molecule has 1 saturated carbocycles. The molecule has 1 fully saturated rings. The lowest BCUT2D eigenvalue weighted by atomic mass is 9.78. The van der Waals surface area contributed by atoms with E-state index in [4.69, 9.17) is 0 Å². The van der Waals surface area contributed by atoms with Gasteiger partial charge in [0.1, 0.15) is 0 Å². The first-order chi connectivity index (χ1) is 19.6. The minimum absolute atomic E-state index is 0.0552. The number of aliphatic hydroxyl groups is 2. The Morgan fingerprint density at radius 1 is 0.714 bits per heavy atom. The molecule has 2 N–H and O–H groups in total. The monoisotopic (exact) mass is 570 g/mol. The summed E-state index contributed by atoms with van der Waals surface area (Å²) in [4.78, 5) is 0. The number of rotatable bonds is 14. The summed E-state index contributed by atoms with van der Waals surface area (Å²) in [6, 6.07) is 0. The molecule has 2 heteroatoms. The SMILES string of the molecule is CC(C)=CCC/C(C)=C/C=C/C(C)=C/C=C/C(C)=C/C=C/C=C(C)/C=C/C=C(C)/C=C/C1[C@H](C(C)(C)O)CC[C@@]1(C)O. The number of hydrogen-bond acceptors (Lipinski definition) is 2. The van der Waals surface area contributed by atoms with Gasteiger partial charge in [-0.3, -0.25) is 0 Å². The lowest BCUT2D eigenvalue weighted by Crippen LogP contribution is -2.39. The maximum Gasteiger partial charge on any atom is 0.0686 e. The highest BCUT2D eigenvalue weighted by atomic mass is 16.3. The van der Waals surface area contributed by atoms with Gasteiger partial charge in [0.15, 0.2) is 0 Å². The van der Waals surface area contributed by atoms with Crippen molar-refractivity contribution >= 4 is 0 Å². The predicted molar refractivity (Wildman–Crippen MR) is 186 cm³/mol. The standard InChI is InChI=1S/C40H58O2/c1-31(2)17-13-20-34(5)23-15-25-35(6)24-14-21-32(3)18-11-12-19-33(4)22-16-26-36(7)27-28-38-37(39(8,9)41)29-30-40(38,10)42/h11-12,14-19,21-28,37-38,41-42H,13,20,29-30H2,1-10H3/b12-11+,21-14+,22-16+,25-15+,28-27+,32-18+,33-19+,34-23+,35-24+,36-26+/t37-,38?,40-/m1/s1. The highest BCUT2D eigenvalue weighted by Gasteiger charge is 2.47. The van der Waals surface area contributed by atoms with E-state index in [0.29, 0.717) is 6.42 Å². The highest BCUT2D eigenvalue weighted by molar-refractivity contribution is 5.32. The van der Waals surface area contributed by atoms with Gasteiger partial charge >= 0.3 is 0 Å². The zero-order valence-electron chi connectivity index (χ0n) is 28.1. The summed E-state index contributed by atoms with van der Waals surface area (Å²) in [5, 5.41) is 21.3. The number of allylic oxidation sites excluding steroid dienone is 21. The zero-order valence-corrected chi connectivity index (χ0v) is 28.1. The average molecular weight is 571 g/mol. The Balaban J connectivity index is 2.61. The quantitative estimate of drug-likeness (QED) is 0.161. The molecule has 230 valence electrons. The van der Waals surface area contributed by atoms with Crippen LogP contribution in [0.2, 0.25) is 0 Å². The predicted octanol–water partition coefficient (Wildman–Crippen LogP) is 10.8. The van der Waals surface area contributed by atoms with Crippen LogP contribution in [0.3, 0.4) is 0 Å². The molecule has 0 aromatic rings. The van der Waals surface area contributed by atoms with Crippen molar-refractivity contribution in [2.45, 2.75) is 106 Å². The first-order valence-corrected chi connectivity index (χ1v) is 15.4. The largest absolute Gasteiger partial charge is 0.390 e. The molecule has 1 unspecified atom stereocenters. The summed E-state index contributed by atoms with van der Waals surface area (Å²) >= 11 is 0. The van der Waals surface area contributed by atoms with Crippen molar-refractivity contribution in [3.63, 3.8) is 0 Å². The smallest absolute Gasteiger partial charge is 0.0686 e. The molecule has 0 amide bonds. The Morgan fingerprint density at radius 2 is 1.17 bits per heavy atom. The van der Waals surface area contributed by atoms with Crippen LogP contribution in [-0.2, 0) is 0 Å². The summed E-state index contributed by atoms with van der Waals surface area (Å²) in [5.41, 5.74) is 5.88. The first kappa shape index (κ1) is 37.1. The fourth-order valence-electron chi connectivity index (χ4n) is 4.99. The van der Waals surface area contributed by atoms with Crippen LogP contribution in [0.25, 0.3) is 0 Å². The summed E-state index contributed by atoms with van der Waals surface area (Å²) in [6.07, 6.45) is 37.5. The van der Waals surface area contributed by atoms with Crippen molar-refractivity contribution in [2.75, 3.05) is 0 Å². The molecule has 1 rings (SSSR count). The highest BCUT2D eigenvalue weighted by Crippen LogP contribution is 2.46. The topological polar surface area (TPSA) is 40.5 Å². The minimum atomic E-state index is -0.803. The average Bonchev–Trinajstić information content (AvgIpc) is 3.19. The van der Waals surface area contributed by atoms with E-state index in [1.165, 1.54) is 22.3 Å². The van der Waals surface area contributed by atoms with Gasteiger partial charge in [-0.25, -0.2) is 0 Å². The molecule has 0 aromatic heterocycles. The Bertz CT molecular complexity index is 1190. The Kier molecular flexibility index (Phi) is 16.4. The lowest BCUT2D eigenvalue weighted by Gasteiger charge is -2.33. The fraction of sp³-hybridized carbons (Fsp3) is 0.450. The molecule has 0 spiro atoms. The second-order valence-corrected chi connectivity index (χ2v) is 13.0. The van der Waals surface area contributed by atoms with E-state index >= 15 is 0 Å². The van der Waals surface area contributed by atoms with Crippen LogP contribution in [0.5, 0.6) is 0 Å². The van der Waals surface area contributed by atoms with Gasteiger partial charge in [0.25, 0.3) is 0 Å². The third kappa shape index (κ3) is 15.9. The van der Waals surface area contributed by atoms with Gasteiger partial charge in [0.05, 0.1) is 11.2 Å². The van der Waals surface area contributed by atoms with Crippen LogP contribution >= 0.6 is 0 Å². The van der Waals surface area contributed by atoms with E-state index in [-0.39, 0.29) is 11.8 Å². The summed E-state index contributed by atoms with van der Waals surface area (Å²) in [6.45, 7) is 20.4. The Hall–Kier alpha value is -2.94. The number of hydrogen-bond donors (Lipinski definition) is 2. The van der Waals surface area contributed by atoms with Gasteiger partial charge < -0.3 is 10.2 Å². The third-order valence-electron chi connectivity index (χ3n) is 7.68. The van der Waals surface area contributed by atoms with E-state index in [2.05, 4.69) is 140 Å². The van der Waals surface area contributed by atoms with Crippen molar-refractivity contribution in [3.8, 4) is 0 Å². The van der Waals surface area contributed by atoms with Crippen LogP contribution in [-0.4, -0.2) is 21.4 Å². The molecule has 1 aliphatic rings. The van der Waals surface area contributed by atoms with Crippen molar-refractivity contribution in [1.82, 2.24) is 0 Å². The summed E-state index contributed by atoms with van der Waals surface area (Å²) in [7, 11) is 0. The van der Waals surface area contributed by atoms with Crippen molar-refractivity contribution < 1.29 is 10.2 Å². The molecule has 0 aliphatic heterocycles. The molecule has 0 aromatic carbocycles. The first-order valence-electron chi connectivity index (χ1n) is 15.4. The van der Waals surface area contributed by atoms with Gasteiger partial charge in [0.2, 0.25) is 0 Å². The van der Waals surface area contributed by atoms with Gasteiger partial charge in [-0.2, -0.15) is 0 Å².